The zero-order valence-corrected chi connectivity index (χ0v) is 9.18. The molecule has 5 heteroatoms. The van der Waals surface area contributed by atoms with Crippen LogP contribution in [0.15, 0.2) is 18.2 Å². The minimum atomic E-state index is -0.782. The van der Waals surface area contributed by atoms with Gasteiger partial charge in [0.25, 0.3) is 5.91 Å². The average molecular weight is 228 g/mol. The van der Waals surface area contributed by atoms with Gasteiger partial charge in [-0.05, 0) is 26.0 Å². The quantitative estimate of drug-likeness (QED) is 0.822. The number of amides is 1. The molecule has 0 radical (unpaired) electrons. The molecule has 1 aromatic carbocycles. The van der Waals surface area contributed by atoms with Crippen LogP contribution in [0, 0.1) is 11.6 Å². The Morgan fingerprint density at radius 3 is 2.25 bits per heavy atom. The van der Waals surface area contributed by atoms with E-state index in [9.17, 15) is 13.6 Å². The predicted molar refractivity (Wildman–Crippen MR) is 57.0 cm³/mol. The van der Waals surface area contributed by atoms with Crippen molar-refractivity contribution in [2.45, 2.75) is 19.4 Å². The van der Waals surface area contributed by atoms with Gasteiger partial charge in [0.05, 0.1) is 0 Å². The van der Waals surface area contributed by atoms with E-state index in [1.165, 1.54) is 0 Å². The summed E-state index contributed by atoms with van der Waals surface area (Å²) in [6.45, 7) is 3.68. The van der Waals surface area contributed by atoms with Gasteiger partial charge in [0.15, 0.2) is 0 Å². The molecule has 0 spiro atoms. The van der Waals surface area contributed by atoms with E-state index in [1.807, 2.05) is 0 Å². The van der Waals surface area contributed by atoms with Gasteiger partial charge in [-0.2, -0.15) is 0 Å². The second kappa shape index (κ2) is 4.57. The maximum atomic E-state index is 12.9. The largest absolute Gasteiger partial charge is 0.346 e. The molecule has 0 aliphatic carbocycles. The van der Waals surface area contributed by atoms with Crippen LogP contribution in [0.4, 0.5) is 8.78 Å². The van der Waals surface area contributed by atoms with Crippen molar-refractivity contribution < 1.29 is 13.6 Å². The molecule has 0 unspecified atom stereocenters. The van der Waals surface area contributed by atoms with E-state index in [1.54, 1.807) is 13.8 Å². The summed E-state index contributed by atoms with van der Waals surface area (Å²) in [5, 5.41) is 2.58. The van der Waals surface area contributed by atoms with E-state index in [4.69, 9.17) is 5.73 Å². The van der Waals surface area contributed by atoms with Crippen molar-refractivity contribution in [2.24, 2.45) is 5.73 Å². The van der Waals surface area contributed by atoms with Crippen LogP contribution < -0.4 is 11.1 Å². The molecule has 0 atom stereocenters. The summed E-state index contributed by atoms with van der Waals surface area (Å²) in [5.41, 5.74) is 4.76. The molecule has 0 aromatic heterocycles. The normalized spacial score (nSPS) is 11.3. The number of carbonyl (C=O) groups is 1. The second-order valence-corrected chi connectivity index (χ2v) is 4.20. The first kappa shape index (κ1) is 12.6. The SMILES string of the molecule is CC(C)(CN)NC(=O)c1cc(F)cc(F)c1. The number of nitrogens with two attached hydrogens (primary N) is 1. The Morgan fingerprint density at radius 2 is 1.81 bits per heavy atom. The van der Waals surface area contributed by atoms with Crippen LogP contribution in [0.25, 0.3) is 0 Å². The minimum Gasteiger partial charge on any atom is -0.346 e. The summed E-state index contributed by atoms with van der Waals surface area (Å²) in [6.07, 6.45) is 0. The van der Waals surface area contributed by atoms with Crippen LogP contribution in [0.3, 0.4) is 0 Å². The predicted octanol–water partition coefficient (Wildman–Crippen LogP) is 1.43. The fraction of sp³-hybridized carbons (Fsp3) is 0.364. The van der Waals surface area contributed by atoms with E-state index >= 15 is 0 Å². The highest BCUT2D eigenvalue weighted by molar-refractivity contribution is 5.94. The Labute approximate surface area is 92.6 Å². The molecule has 0 saturated heterocycles. The summed E-state index contributed by atoms with van der Waals surface area (Å²) in [6, 6.07) is 2.67. The fourth-order valence-electron chi connectivity index (χ4n) is 1.12. The Morgan fingerprint density at radius 1 is 1.31 bits per heavy atom. The summed E-state index contributed by atoms with van der Waals surface area (Å²) in [7, 11) is 0. The number of nitrogens with one attached hydrogen (secondary N) is 1. The van der Waals surface area contributed by atoms with E-state index in [2.05, 4.69) is 5.32 Å². The van der Waals surface area contributed by atoms with E-state index in [0.717, 1.165) is 12.1 Å². The van der Waals surface area contributed by atoms with E-state index in [-0.39, 0.29) is 12.1 Å². The molecule has 0 saturated carbocycles. The number of halogens is 2. The summed E-state index contributed by atoms with van der Waals surface area (Å²) < 4.78 is 25.7. The van der Waals surface area contributed by atoms with E-state index < -0.39 is 23.1 Å². The second-order valence-electron chi connectivity index (χ2n) is 4.20. The molecular weight excluding hydrogens is 214 g/mol. The maximum absolute atomic E-state index is 12.9. The van der Waals surface area contributed by atoms with Gasteiger partial charge in [0, 0.05) is 23.7 Å². The first-order chi connectivity index (χ1) is 7.34. The molecule has 0 heterocycles. The van der Waals surface area contributed by atoms with Gasteiger partial charge in [-0.15, -0.1) is 0 Å². The molecule has 1 rings (SSSR count). The van der Waals surface area contributed by atoms with Crippen molar-refractivity contribution in [3.63, 3.8) is 0 Å². The molecule has 3 nitrogen and oxygen atoms in total. The van der Waals surface area contributed by atoms with Crippen molar-refractivity contribution in [3.05, 3.63) is 35.4 Å². The van der Waals surface area contributed by atoms with Gasteiger partial charge in [0.1, 0.15) is 11.6 Å². The van der Waals surface area contributed by atoms with Crippen LogP contribution in [0.2, 0.25) is 0 Å². The molecule has 0 fully saturated rings. The highest BCUT2D eigenvalue weighted by Crippen LogP contribution is 2.09. The van der Waals surface area contributed by atoms with Crippen molar-refractivity contribution in [3.8, 4) is 0 Å². The first-order valence-corrected chi connectivity index (χ1v) is 4.83. The lowest BCUT2D eigenvalue weighted by Gasteiger charge is -2.24. The number of hydrogen-bond donors (Lipinski definition) is 2. The fourth-order valence-corrected chi connectivity index (χ4v) is 1.12. The molecule has 3 N–H and O–H groups in total. The lowest BCUT2D eigenvalue weighted by molar-refractivity contribution is 0.0914. The van der Waals surface area contributed by atoms with Crippen molar-refractivity contribution in [1.82, 2.24) is 5.32 Å². The average Bonchev–Trinajstić information content (AvgIpc) is 2.15. The smallest absolute Gasteiger partial charge is 0.251 e. The zero-order chi connectivity index (χ0) is 12.3. The van der Waals surface area contributed by atoms with Crippen LogP contribution in [-0.2, 0) is 0 Å². The van der Waals surface area contributed by atoms with Gasteiger partial charge < -0.3 is 11.1 Å². The number of benzene rings is 1. The molecule has 16 heavy (non-hydrogen) atoms. The third kappa shape index (κ3) is 3.27. The molecule has 88 valence electrons. The van der Waals surface area contributed by atoms with Gasteiger partial charge in [0.2, 0.25) is 0 Å². The number of carbonyl (C=O) groups excluding carboxylic acids is 1. The zero-order valence-electron chi connectivity index (χ0n) is 9.18. The molecule has 0 bridgehead atoms. The highest BCUT2D eigenvalue weighted by Gasteiger charge is 2.19. The first-order valence-electron chi connectivity index (χ1n) is 4.83. The Bertz CT molecular complexity index is 385. The van der Waals surface area contributed by atoms with Crippen LogP contribution in [0.1, 0.15) is 24.2 Å². The van der Waals surface area contributed by atoms with Crippen LogP contribution in [-0.4, -0.2) is 18.0 Å². The Hall–Kier alpha value is -1.49. The van der Waals surface area contributed by atoms with Gasteiger partial charge in [-0.1, -0.05) is 0 Å². The molecular formula is C11H14F2N2O. The third-order valence-electron chi connectivity index (χ3n) is 2.09. The summed E-state index contributed by atoms with van der Waals surface area (Å²) in [5.74, 6) is -2.11. The van der Waals surface area contributed by atoms with Crippen LogP contribution >= 0.6 is 0 Å². The molecule has 0 aliphatic heterocycles. The van der Waals surface area contributed by atoms with Crippen LogP contribution in [0.5, 0.6) is 0 Å². The van der Waals surface area contributed by atoms with Crippen molar-refractivity contribution in [1.29, 1.82) is 0 Å². The number of hydrogen-bond acceptors (Lipinski definition) is 2. The van der Waals surface area contributed by atoms with Crippen molar-refractivity contribution >= 4 is 5.91 Å². The lowest BCUT2D eigenvalue weighted by atomic mass is 10.1. The van der Waals surface area contributed by atoms with E-state index in [0.29, 0.717) is 6.07 Å². The van der Waals surface area contributed by atoms with Gasteiger partial charge >= 0.3 is 0 Å². The Balaban J connectivity index is 2.89. The standard InChI is InChI=1S/C11H14F2N2O/c1-11(2,6-14)15-10(16)7-3-8(12)5-9(13)4-7/h3-5H,6,14H2,1-2H3,(H,15,16). The van der Waals surface area contributed by atoms with Gasteiger partial charge in [-0.25, -0.2) is 8.78 Å². The molecule has 1 amide bonds. The Kier molecular flexibility index (Phi) is 3.59. The summed E-state index contributed by atoms with van der Waals surface area (Å²) in [4.78, 5) is 11.6. The summed E-state index contributed by atoms with van der Waals surface area (Å²) >= 11 is 0. The maximum Gasteiger partial charge on any atom is 0.251 e. The van der Waals surface area contributed by atoms with Crippen molar-refractivity contribution in [2.75, 3.05) is 6.54 Å². The lowest BCUT2D eigenvalue weighted by Crippen LogP contribution is -2.48. The highest BCUT2D eigenvalue weighted by atomic mass is 19.1. The third-order valence-corrected chi connectivity index (χ3v) is 2.09. The topological polar surface area (TPSA) is 55.1 Å². The molecule has 0 aliphatic rings. The molecule has 1 aromatic rings. The monoisotopic (exact) mass is 228 g/mol. The van der Waals surface area contributed by atoms with Gasteiger partial charge in [-0.3, -0.25) is 4.79 Å². The number of rotatable bonds is 3. The minimum absolute atomic E-state index is 0.0565.